The van der Waals surface area contributed by atoms with Crippen molar-refractivity contribution in [2.75, 3.05) is 13.0 Å². The molecule has 0 saturated carbocycles. The Morgan fingerprint density at radius 3 is 2.88 bits per heavy atom. The van der Waals surface area contributed by atoms with Crippen LogP contribution in [-0.4, -0.2) is 28.0 Å². The highest BCUT2D eigenvalue weighted by atomic mass is 79.9. The first-order valence-electron chi connectivity index (χ1n) is 6.85. The molecule has 0 saturated heterocycles. The van der Waals surface area contributed by atoms with E-state index in [9.17, 15) is 4.79 Å². The zero-order chi connectivity index (χ0) is 17.1. The van der Waals surface area contributed by atoms with Gasteiger partial charge in [0.2, 0.25) is 10.9 Å². The number of nitrogen functional groups attached to an aromatic ring is 1. The molecular formula is C15H13BrN4O3S. The molecule has 0 aliphatic carbocycles. The van der Waals surface area contributed by atoms with Crippen LogP contribution in [0.4, 0.5) is 0 Å². The van der Waals surface area contributed by atoms with Gasteiger partial charge in [-0.2, -0.15) is 0 Å². The average Bonchev–Trinajstić information content (AvgIpc) is 3.20. The van der Waals surface area contributed by atoms with E-state index >= 15 is 0 Å². The molecule has 0 aliphatic rings. The number of thioether (sulfide) groups is 1. The van der Waals surface area contributed by atoms with E-state index in [-0.39, 0.29) is 5.76 Å². The standard InChI is InChI=1S/C15H13BrN4O3S/c1-22-14(21)12-7-6-9(23-12)8-24-15-19-18-13(20(15)17)10-4-2-3-5-11(10)16/h2-7H,8,17H2,1H3. The maximum absolute atomic E-state index is 11.4. The third kappa shape index (κ3) is 3.31. The van der Waals surface area contributed by atoms with Crippen molar-refractivity contribution in [2.24, 2.45) is 0 Å². The number of hydrogen-bond donors (Lipinski definition) is 1. The summed E-state index contributed by atoms with van der Waals surface area (Å²) in [5.74, 6) is 7.37. The molecule has 0 spiro atoms. The Labute approximate surface area is 150 Å². The molecule has 0 unspecified atom stereocenters. The minimum Gasteiger partial charge on any atom is -0.463 e. The fraction of sp³-hybridized carbons (Fsp3) is 0.133. The normalized spacial score (nSPS) is 10.8. The smallest absolute Gasteiger partial charge is 0.373 e. The zero-order valence-electron chi connectivity index (χ0n) is 12.6. The van der Waals surface area contributed by atoms with E-state index in [1.54, 1.807) is 12.1 Å². The molecule has 0 bridgehead atoms. The lowest BCUT2D eigenvalue weighted by atomic mass is 10.2. The third-order valence-corrected chi connectivity index (χ3v) is 4.83. The number of carbonyl (C=O) groups excluding carboxylic acids is 1. The minimum absolute atomic E-state index is 0.163. The quantitative estimate of drug-likeness (QED) is 0.393. The first kappa shape index (κ1) is 16.6. The van der Waals surface area contributed by atoms with Crippen LogP contribution >= 0.6 is 27.7 Å². The zero-order valence-corrected chi connectivity index (χ0v) is 15.0. The van der Waals surface area contributed by atoms with Crippen molar-refractivity contribution < 1.29 is 13.9 Å². The van der Waals surface area contributed by atoms with Gasteiger partial charge in [-0.15, -0.1) is 10.2 Å². The van der Waals surface area contributed by atoms with E-state index in [0.717, 1.165) is 10.0 Å². The summed E-state index contributed by atoms with van der Waals surface area (Å²) in [6.45, 7) is 0. The van der Waals surface area contributed by atoms with Gasteiger partial charge in [0, 0.05) is 10.0 Å². The Balaban J connectivity index is 1.74. The number of furan rings is 1. The highest BCUT2D eigenvalue weighted by molar-refractivity contribution is 9.10. The predicted molar refractivity (Wildman–Crippen MR) is 92.9 cm³/mol. The molecule has 0 fully saturated rings. The Morgan fingerprint density at radius 1 is 1.33 bits per heavy atom. The van der Waals surface area contributed by atoms with Crippen molar-refractivity contribution in [2.45, 2.75) is 10.9 Å². The predicted octanol–water partition coefficient (Wildman–Crippen LogP) is 3.09. The number of methoxy groups -OCH3 is 1. The molecular weight excluding hydrogens is 396 g/mol. The first-order valence-corrected chi connectivity index (χ1v) is 8.63. The number of rotatable bonds is 5. The Kier molecular flexibility index (Phi) is 4.91. The Bertz CT molecular complexity index is 877. The van der Waals surface area contributed by atoms with Gasteiger partial charge in [0.1, 0.15) is 5.76 Å². The molecule has 3 aromatic rings. The van der Waals surface area contributed by atoms with Crippen molar-refractivity contribution in [1.29, 1.82) is 0 Å². The highest BCUT2D eigenvalue weighted by Gasteiger charge is 2.16. The van der Waals surface area contributed by atoms with E-state index in [4.69, 9.17) is 10.3 Å². The second-order valence-electron chi connectivity index (χ2n) is 4.70. The van der Waals surface area contributed by atoms with E-state index in [0.29, 0.717) is 22.5 Å². The summed E-state index contributed by atoms with van der Waals surface area (Å²) in [6, 6.07) is 10.9. The van der Waals surface area contributed by atoms with Crippen LogP contribution < -0.4 is 5.84 Å². The number of ether oxygens (including phenoxy) is 1. The van der Waals surface area contributed by atoms with Crippen molar-refractivity contribution in [3.05, 3.63) is 52.4 Å². The van der Waals surface area contributed by atoms with Gasteiger partial charge in [-0.3, -0.25) is 0 Å². The van der Waals surface area contributed by atoms with Crippen LogP contribution in [0.2, 0.25) is 0 Å². The van der Waals surface area contributed by atoms with E-state index in [1.807, 2.05) is 24.3 Å². The fourth-order valence-electron chi connectivity index (χ4n) is 2.00. The molecule has 7 nitrogen and oxygen atoms in total. The Hall–Kier alpha value is -2.26. The molecule has 1 aromatic carbocycles. The van der Waals surface area contributed by atoms with Gasteiger partial charge in [-0.05, 0) is 24.3 Å². The molecule has 0 amide bonds. The molecule has 0 radical (unpaired) electrons. The van der Waals surface area contributed by atoms with Crippen LogP contribution in [0.1, 0.15) is 16.3 Å². The van der Waals surface area contributed by atoms with Gasteiger partial charge in [0.25, 0.3) is 0 Å². The number of nitrogens with zero attached hydrogens (tertiary/aromatic N) is 3. The maximum atomic E-state index is 11.4. The minimum atomic E-state index is -0.510. The number of aromatic nitrogens is 3. The number of benzene rings is 1. The SMILES string of the molecule is COC(=O)c1ccc(CSc2nnc(-c3ccccc3Br)n2N)o1. The van der Waals surface area contributed by atoms with Crippen LogP contribution in [0.3, 0.4) is 0 Å². The van der Waals surface area contributed by atoms with Gasteiger partial charge in [0.05, 0.1) is 12.9 Å². The van der Waals surface area contributed by atoms with Gasteiger partial charge in [0.15, 0.2) is 5.82 Å². The fourth-order valence-corrected chi connectivity index (χ4v) is 3.22. The highest BCUT2D eigenvalue weighted by Crippen LogP contribution is 2.29. The van der Waals surface area contributed by atoms with Crippen molar-refractivity contribution in [1.82, 2.24) is 14.9 Å². The summed E-state index contributed by atoms with van der Waals surface area (Å²) >= 11 is 4.83. The summed E-state index contributed by atoms with van der Waals surface area (Å²) in [4.78, 5) is 11.4. The van der Waals surface area contributed by atoms with Gasteiger partial charge in [-0.1, -0.05) is 39.8 Å². The summed E-state index contributed by atoms with van der Waals surface area (Å²) in [5, 5.41) is 8.78. The van der Waals surface area contributed by atoms with Gasteiger partial charge in [-0.25, -0.2) is 9.47 Å². The maximum Gasteiger partial charge on any atom is 0.373 e. The number of halogens is 1. The lowest BCUT2D eigenvalue weighted by Gasteiger charge is -2.04. The summed E-state index contributed by atoms with van der Waals surface area (Å²) in [7, 11) is 1.30. The lowest BCUT2D eigenvalue weighted by Crippen LogP contribution is -2.11. The van der Waals surface area contributed by atoms with Crippen LogP contribution in [0.5, 0.6) is 0 Å². The molecule has 2 heterocycles. The number of nitrogens with two attached hydrogens (primary N) is 1. The monoisotopic (exact) mass is 408 g/mol. The van der Waals surface area contributed by atoms with Crippen LogP contribution in [0.25, 0.3) is 11.4 Å². The van der Waals surface area contributed by atoms with Crippen molar-refractivity contribution >= 4 is 33.7 Å². The molecule has 0 aliphatic heterocycles. The number of esters is 1. The number of hydrogen-bond acceptors (Lipinski definition) is 7. The second-order valence-corrected chi connectivity index (χ2v) is 6.50. The molecule has 124 valence electrons. The molecule has 0 atom stereocenters. The molecule has 3 rings (SSSR count). The summed E-state index contributed by atoms with van der Waals surface area (Å²) in [5.41, 5.74) is 0.852. The van der Waals surface area contributed by atoms with Crippen molar-refractivity contribution in [3.8, 4) is 11.4 Å². The first-order chi connectivity index (χ1) is 11.6. The lowest BCUT2D eigenvalue weighted by molar-refractivity contribution is 0.0563. The summed E-state index contributed by atoms with van der Waals surface area (Å²) < 4.78 is 12.3. The molecule has 9 heteroatoms. The largest absolute Gasteiger partial charge is 0.463 e. The molecule has 2 N–H and O–H groups in total. The van der Waals surface area contributed by atoms with Crippen LogP contribution in [0, 0.1) is 0 Å². The third-order valence-electron chi connectivity index (χ3n) is 3.17. The van der Waals surface area contributed by atoms with Crippen LogP contribution in [0.15, 0.2) is 50.4 Å². The topological polar surface area (TPSA) is 96.2 Å². The van der Waals surface area contributed by atoms with Gasteiger partial charge >= 0.3 is 5.97 Å². The van der Waals surface area contributed by atoms with E-state index in [1.165, 1.54) is 23.5 Å². The number of carbonyl (C=O) groups is 1. The second kappa shape index (κ2) is 7.10. The average molecular weight is 409 g/mol. The van der Waals surface area contributed by atoms with E-state index < -0.39 is 5.97 Å². The summed E-state index contributed by atoms with van der Waals surface area (Å²) in [6.07, 6.45) is 0. The van der Waals surface area contributed by atoms with E-state index in [2.05, 4.69) is 30.9 Å². The molecule has 24 heavy (non-hydrogen) atoms. The Morgan fingerprint density at radius 2 is 2.12 bits per heavy atom. The molecule has 2 aromatic heterocycles. The van der Waals surface area contributed by atoms with Gasteiger partial charge < -0.3 is 15.0 Å². The van der Waals surface area contributed by atoms with Crippen molar-refractivity contribution in [3.63, 3.8) is 0 Å². The van der Waals surface area contributed by atoms with Crippen LogP contribution in [-0.2, 0) is 10.5 Å².